The van der Waals surface area contributed by atoms with Gasteiger partial charge in [0.1, 0.15) is 6.61 Å². The molecule has 0 spiro atoms. The van der Waals surface area contributed by atoms with Crippen molar-refractivity contribution < 1.29 is 9.53 Å². The summed E-state index contributed by atoms with van der Waals surface area (Å²) < 4.78 is 4.79. The van der Waals surface area contributed by atoms with E-state index in [0.717, 1.165) is 6.42 Å². The number of unbranched alkanes of at least 4 members (excludes halogenated alkanes) is 7. The number of allylic oxidation sites excluding steroid dienone is 1. The first-order valence-corrected chi connectivity index (χ1v) is 6.55. The average Bonchev–Trinajstić information content (AvgIpc) is 2.25. The summed E-state index contributed by atoms with van der Waals surface area (Å²) in [5.74, 6) is -0.208. The van der Waals surface area contributed by atoms with Crippen LogP contribution in [0.25, 0.3) is 0 Å². The molecule has 2 nitrogen and oxygen atoms in total. The lowest BCUT2D eigenvalue weighted by molar-refractivity contribution is -0.139. The minimum absolute atomic E-state index is 0.208. The van der Waals surface area contributed by atoms with Crippen molar-refractivity contribution in [1.29, 1.82) is 0 Å². The maximum atomic E-state index is 10.4. The van der Waals surface area contributed by atoms with Gasteiger partial charge in [0.25, 0.3) is 0 Å². The number of hydrogen-bond acceptors (Lipinski definition) is 2. The lowest BCUT2D eigenvalue weighted by atomic mass is 10.1. The second kappa shape index (κ2) is 12.3. The molecule has 0 amide bonds. The number of carbonyl (C=O) groups is 1. The van der Waals surface area contributed by atoms with Crippen molar-refractivity contribution in [1.82, 2.24) is 0 Å². The molecule has 0 aromatic rings. The highest BCUT2D eigenvalue weighted by Crippen LogP contribution is 2.08. The molecule has 0 aromatic heterocycles. The number of rotatable bonds is 10. The van der Waals surface area contributed by atoms with Gasteiger partial charge in [-0.15, -0.1) is 0 Å². The number of esters is 1. The molecule has 0 saturated heterocycles. The van der Waals surface area contributed by atoms with Crippen molar-refractivity contribution >= 4 is 5.97 Å². The highest BCUT2D eigenvalue weighted by Gasteiger charge is 1.90. The van der Waals surface area contributed by atoms with Crippen molar-refractivity contribution in [3.63, 3.8) is 0 Å². The second-order valence-electron chi connectivity index (χ2n) is 4.18. The third kappa shape index (κ3) is 13.2. The molecule has 0 saturated carbocycles. The molecule has 0 aliphatic carbocycles. The smallest absolute Gasteiger partial charge is 0.302 e. The van der Waals surface area contributed by atoms with Crippen molar-refractivity contribution in [2.45, 2.75) is 65.2 Å². The van der Waals surface area contributed by atoms with E-state index in [0.29, 0.717) is 6.61 Å². The van der Waals surface area contributed by atoms with Crippen molar-refractivity contribution in [2.24, 2.45) is 0 Å². The first-order valence-electron chi connectivity index (χ1n) is 6.55. The lowest BCUT2D eigenvalue weighted by Gasteiger charge is -1.99. The van der Waals surface area contributed by atoms with Gasteiger partial charge >= 0.3 is 5.97 Å². The van der Waals surface area contributed by atoms with Crippen LogP contribution in [0, 0.1) is 0 Å². The standard InChI is InChI=1S/C14H26O2/c1-3-4-5-6-7-8-9-10-11-12-13-16-14(2)15/h11-12H,3-10,13H2,1-2H3/b12-11-. The van der Waals surface area contributed by atoms with Crippen LogP contribution < -0.4 is 0 Å². The summed E-state index contributed by atoms with van der Waals surface area (Å²) in [4.78, 5) is 10.4. The van der Waals surface area contributed by atoms with E-state index in [-0.39, 0.29) is 5.97 Å². The van der Waals surface area contributed by atoms with E-state index in [4.69, 9.17) is 4.74 Å². The zero-order valence-corrected chi connectivity index (χ0v) is 10.8. The molecule has 0 aliphatic heterocycles. The van der Waals surface area contributed by atoms with Crippen molar-refractivity contribution in [2.75, 3.05) is 6.61 Å². The predicted octanol–water partition coefficient (Wildman–Crippen LogP) is 4.25. The van der Waals surface area contributed by atoms with Gasteiger partial charge in [0.15, 0.2) is 0 Å². The Morgan fingerprint density at radius 1 is 1.00 bits per heavy atom. The number of ether oxygens (including phenoxy) is 1. The third-order valence-corrected chi connectivity index (χ3v) is 2.52. The van der Waals surface area contributed by atoms with Crippen LogP contribution in [0.5, 0.6) is 0 Å². The predicted molar refractivity (Wildman–Crippen MR) is 68.4 cm³/mol. The van der Waals surface area contributed by atoms with Crippen LogP contribution in [0.2, 0.25) is 0 Å². The maximum absolute atomic E-state index is 10.4. The van der Waals surface area contributed by atoms with E-state index in [1.807, 2.05) is 6.08 Å². The van der Waals surface area contributed by atoms with Crippen LogP contribution in [-0.2, 0) is 9.53 Å². The summed E-state index contributed by atoms with van der Waals surface area (Å²) in [6.07, 6.45) is 14.5. The van der Waals surface area contributed by atoms with Crippen LogP contribution in [0.4, 0.5) is 0 Å². The SMILES string of the molecule is CCCCCCCCC/C=C\COC(C)=O. The van der Waals surface area contributed by atoms with E-state index in [1.54, 1.807) is 0 Å². The Morgan fingerprint density at radius 3 is 2.25 bits per heavy atom. The zero-order chi connectivity index (χ0) is 12.1. The molecule has 0 heterocycles. The van der Waals surface area contributed by atoms with Gasteiger partial charge < -0.3 is 4.74 Å². The van der Waals surface area contributed by atoms with Crippen LogP contribution in [0.1, 0.15) is 65.2 Å². The summed E-state index contributed by atoms with van der Waals surface area (Å²) in [6, 6.07) is 0. The normalized spacial score (nSPS) is 10.9. The number of hydrogen-bond donors (Lipinski definition) is 0. The highest BCUT2D eigenvalue weighted by molar-refractivity contribution is 5.65. The van der Waals surface area contributed by atoms with Crippen molar-refractivity contribution in [3.8, 4) is 0 Å². The zero-order valence-electron chi connectivity index (χ0n) is 10.8. The fourth-order valence-electron chi connectivity index (χ4n) is 1.57. The largest absolute Gasteiger partial charge is 0.462 e. The molecular weight excluding hydrogens is 200 g/mol. The summed E-state index contributed by atoms with van der Waals surface area (Å²) >= 11 is 0. The first kappa shape index (κ1) is 15.2. The minimum atomic E-state index is -0.208. The van der Waals surface area contributed by atoms with E-state index in [1.165, 1.54) is 51.9 Å². The molecule has 0 fully saturated rings. The Morgan fingerprint density at radius 2 is 1.62 bits per heavy atom. The van der Waals surface area contributed by atoms with E-state index >= 15 is 0 Å². The van der Waals surface area contributed by atoms with E-state index in [2.05, 4.69) is 13.0 Å². The summed E-state index contributed by atoms with van der Waals surface area (Å²) in [7, 11) is 0. The molecule has 0 atom stereocenters. The maximum Gasteiger partial charge on any atom is 0.302 e. The Kier molecular flexibility index (Phi) is 11.7. The van der Waals surface area contributed by atoms with Gasteiger partial charge in [-0.3, -0.25) is 4.79 Å². The van der Waals surface area contributed by atoms with Gasteiger partial charge in [0, 0.05) is 6.92 Å². The monoisotopic (exact) mass is 226 g/mol. The topological polar surface area (TPSA) is 26.3 Å². The molecule has 16 heavy (non-hydrogen) atoms. The molecule has 0 aromatic carbocycles. The lowest BCUT2D eigenvalue weighted by Crippen LogP contribution is -1.97. The molecule has 0 rings (SSSR count). The van der Waals surface area contributed by atoms with Gasteiger partial charge in [-0.1, -0.05) is 57.6 Å². The van der Waals surface area contributed by atoms with Gasteiger partial charge in [-0.2, -0.15) is 0 Å². The molecular formula is C14H26O2. The van der Waals surface area contributed by atoms with Gasteiger partial charge in [-0.05, 0) is 12.8 Å². The Bertz CT molecular complexity index is 185. The summed E-state index contributed by atoms with van der Waals surface area (Å²) in [5, 5.41) is 0. The molecule has 0 aliphatic rings. The Balaban J connectivity index is 3.05. The minimum Gasteiger partial charge on any atom is -0.462 e. The Hall–Kier alpha value is -0.790. The fraction of sp³-hybridized carbons (Fsp3) is 0.786. The van der Waals surface area contributed by atoms with Gasteiger partial charge in [0.2, 0.25) is 0 Å². The molecule has 0 bridgehead atoms. The van der Waals surface area contributed by atoms with Gasteiger partial charge in [0.05, 0.1) is 0 Å². The highest BCUT2D eigenvalue weighted by atomic mass is 16.5. The fourth-order valence-corrected chi connectivity index (χ4v) is 1.57. The van der Waals surface area contributed by atoms with Crippen LogP contribution in [0.3, 0.4) is 0 Å². The average molecular weight is 226 g/mol. The van der Waals surface area contributed by atoms with E-state index in [9.17, 15) is 4.79 Å². The van der Waals surface area contributed by atoms with E-state index < -0.39 is 0 Å². The second-order valence-corrected chi connectivity index (χ2v) is 4.18. The van der Waals surface area contributed by atoms with Crippen LogP contribution in [-0.4, -0.2) is 12.6 Å². The Labute approximate surface area is 100 Å². The molecule has 0 N–H and O–H groups in total. The summed E-state index contributed by atoms with van der Waals surface area (Å²) in [6.45, 7) is 4.10. The van der Waals surface area contributed by atoms with Crippen LogP contribution >= 0.6 is 0 Å². The molecule has 2 heteroatoms. The third-order valence-electron chi connectivity index (χ3n) is 2.52. The summed E-state index contributed by atoms with van der Waals surface area (Å²) in [5.41, 5.74) is 0. The molecule has 0 radical (unpaired) electrons. The molecule has 0 unspecified atom stereocenters. The van der Waals surface area contributed by atoms with Crippen molar-refractivity contribution in [3.05, 3.63) is 12.2 Å². The number of carbonyl (C=O) groups excluding carboxylic acids is 1. The van der Waals surface area contributed by atoms with Crippen LogP contribution in [0.15, 0.2) is 12.2 Å². The van der Waals surface area contributed by atoms with Gasteiger partial charge in [-0.25, -0.2) is 0 Å². The first-order chi connectivity index (χ1) is 7.77. The molecule has 94 valence electrons. The quantitative estimate of drug-likeness (QED) is 0.316.